The van der Waals surface area contributed by atoms with Crippen molar-refractivity contribution in [2.45, 2.75) is 25.8 Å². The van der Waals surface area contributed by atoms with Gasteiger partial charge in [-0.2, -0.15) is 0 Å². The van der Waals surface area contributed by atoms with Gasteiger partial charge in [0, 0.05) is 6.04 Å². The van der Waals surface area contributed by atoms with E-state index in [0.29, 0.717) is 6.04 Å². The zero-order valence-electron chi connectivity index (χ0n) is 9.13. The van der Waals surface area contributed by atoms with Gasteiger partial charge in [0.05, 0.1) is 0 Å². The molecule has 14 heavy (non-hydrogen) atoms. The summed E-state index contributed by atoms with van der Waals surface area (Å²) in [5.41, 5.74) is 1.08. The molecule has 1 aromatic rings. The Balaban J connectivity index is 2.45. The Morgan fingerprint density at radius 3 is 2.64 bits per heavy atom. The highest BCUT2D eigenvalue weighted by Crippen LogP contribution is 2.09. The molecule has 0 saturated carbocycles. The summed E-state index contributed by atoms with van der Waals surface area (Å²) in [7, 11) is 4.13. The highest BCUT2D eigenvalue weighted by molar-refractivity contribution is 5.16. The number of hydrogen-bond donors (Lipinski definition) is 0. The van der Waals surface area contributed by atoms with Gasteiger partial charge in [-0.15, -0.1) is 0 Å². The third-order valence-electron chi connectivity index (χ3n) is 2.62. The molecule has 0 fully saturated rings. The van der Waals surface area contributed by atoms with Gasteiger partial charge in [0.1, 0.15) is 5.82 Å². The predicted octanol–water partition coefficient (Wildman–Crippen LogP) is 2.71. The van der Waals surface area contributed by atoms with E-state index in [1.54, 1.807) is 12.1 Å². The summed E-state index contributed by atoms with van der Waals surface area (Å²) in [6.07, 6.45) is 2.01. The van der Waals surface area contributed by atoms with Crippen molar-refractivity contribution in [3.05, 3.63) is 35.6 Å². The average Bonchev–Trinajstić information content (AvgIpc) is 2.14. The summed E-state index contributed by atoms with van der Waals surface area (Å²) in [6.45, 7) is 2.18. The van der Waals surface area contributed by atoms with Crippen LogP contribution in [-0.2, 0) is 6.42 Å². The van der Waals surface area contributed by atoms with Crippen LogP contribution in [0.4, 0.5) is 4.39 Å². The number of halogens is 1. The summed E-state index contributed by atoms with van der Waals surface area (Å²) in [4.78, 5) is 2.18. The van der Waals surface area contributed by atoms with E-state index in [4.69, 9.17) is 0 Å². The fraction of sp³-hybridized carbons (Fsp3) is 0.500. The second-order valence-electron chi connectivity index (χ2n) is 3.98. The highest BCUT2D eigenvalue weighted by atomic mass is 19.1. The van der Waals surface area contributed by atoms with Crippen molar-refractivity contribution in [2.75, 3.05) is 14.1 Å². The molecule has 1 unspecified atom stereocenters. The van der Waals surface area contributed by atoms with Gasteiger partial charge in [-0.1, -0.05) is 12.1 Å². The minimum absolute atomic E-state index is 0.139. The van der Waals surface area contributed by atoms with Gasteiger partial charge < -0.3 is 4.90 Å². The van der Waals surface area contributed by atoms with E-state index in [2.05, 4.69) is 25.9 Å². The summed E-state index contributed by atoms with van der Waals surface area (Å²) in [5, 5.41) is 0. The van der Waals surface area contributed by atoms with Gasteiger partial charge in [0.25, 0.3) is 0 Å². The summed E-state index contributed by atoms with van der Waals surface area (Å²) in [5.74, 6) is -0.139. The van der Waals surface area contributed by atoms with Crippen LogP contribution in [0, 0.1) is 5.82 Å². The second kappa shape index (κ2) is 5.11. The SMILES string of the molecule is CC(CCc1cccc(F)c1)N(C)C. The molecule has 0 radical (unpaired) electrons. The first-order valence-corrected chi connectivity index (χ1v) is 5.00. The first kappa shape index (κ1) is 11.2. The average molecular weight is 195 g/mol. The van der Waals surface area contributed by atoms with Crippen LogP contribution in [0.25, 0.3) is 0 Å². The predicted molar refractivity (Wildman–Crippen MR) is 57.9 cm³/mol. The maximum Gasteiger partial charge on any atom is 0.123 e. The van der Waals surface area contributed by atoms with Gasteiger partial charge >= 0.3 is 0 Å². The largest absolute Gasteiger partial charge is 0.307 e. The molecule has 0 heterocycles. The zero-order valence-corrected chi connectivity index (χ0v) is 9.13. The van der Waals surface area contributed by atoms with E-state index in [-0.39, 0.29) is 5.82 Å². The van der Waals surface area contributed by atoms with Gasteiger partial charge in [0.2, 0.25) is 0 Å². The van der Waals surface area contributed by atoms with Crippen LogP contribution < -0.4 is 0 Å². The van der Waals surface area contributed by atoms with Crippen molar-refractivity contribution in [3.8, 4) is 0 Å². The van der Waals surface area contributed by atoms with E-state index in [1.165, 1.54) is 6.07 Å². The van der Waals surface area contributed by atoms with E-state index in [9.17, 15) is 4.39 Å². The first-order valence-electron chi connectivity index (χ1n) is 5.00. The maximum atomic E-state index is 12.8. The van der Waals surface area contributed by atoms with Crippen LogP contribution in [0.1, 0.15) is 18.9 Å². The number of benzene rings is 1. The van der Waals surface area contributed by atoms with Gasteiger partial charge in [-0.25, -0.2) is 4.39 Å². The Labute approximate surface area is 85.5 Å². The number of nitrogens with zero attached hydrogens (tertiary/aromatic N) is 1. The third-order valence-corrected chi connectivity index (χ3v) is 2.62. The normalized spacial score (nSPS) is 13.2. The van der Waals surface area contributed by atoms with Gasteiger partial charge in [-0.05, 0) is 51.6 Å². The smallest absolute Gasteiger partial charge is 0.123 e. The fourth-order valence-electron chi connectivity index (χ4n) is 1.33. The van der Waals surface area contributed by atoms with E-state index < -0.39 is 0 Å². The number of rotatable bonds is 4. The lowest BCUT2D eigenvalue weighted by atomic mass is 10.1. The van der Waals surface area contributed by atoms with E-state index >= 15 is 0 Å². The third kappa shape index (κ3) is 3.46. The molecule has 0 spiro atoms. The number of aryl methyl sites for hydroxylation is 1. The molecule has 0 amide bonds. The Morgan fingerprint density at radius 1 is 1.36 bits per heavy atom. The number of hydrogen-bond acceptors (Lipinski definition) is 1. The molecule has 78 valence electrons. The van der Waals surface area contributed by atoms with Crippen LogP contribution in [0.3, 0.4) is 0 Å². The molecular formula is C12H18FN. The summed E-state index contributed by atoms with van der Waals surface area (Å²) >= 11 is 0. The fourth-order valence-corrected chi connectivity index (χ4v) is 1.33. The standard InChI is InChI=1S/C12H18FN/c1-10(14(2)3)7-8-11-5-4-6-12(13)9-11/h4-6,9-10H,7-8H2,1-3H3. The van der Waals surface area contributed by atoms with E-state index in [0.717, 1.165) is 18.4 Å². The molecule has 1 aromatic carbocycles. The molecule has 2 heteroatoms. The first-order chi connectivity index (χ1) is 6.59. The van der Waals surface area contributed by atoms with E-state index in [1.807, 2.05) is 6.07 Å². The molecule has 0 aromatic heterocycles. The Kier molecular flexibility index (Phi) is 4.08. The molecule has 1 atom stereocenters. The van der Waals surface area contributed by atoms with Crippen LogP contribution in [0.15, 0.2) is 24.3 Å². The van der Waals surface area contributed by atoms with Crippen molar-refractivity contribution in [3.63, 3.8) is 0 Å². The highest BCUT2D eigenvalue weighted by Gasteiger charge is 2.04. The molecule has 0 aliphatic carbocycles. The van der Waals surface area contributed by atoms with Crippen molar-refractivity contribution >= 4 is 0 Å². The molecule has 1 nitrogen and oxygen atoms in total. The van der Waals surface area contributed by atoms with Gasteiger partial charge in [-0.3, -0.25) is 0 Å². The van der Waals surface area contributed by atoms with Crippen molar-refractivity contribution in [1.29, 1.82) is 0 Å². The maximum absolute atomic E-state index is 12.8. The monoisotopic (exact) mass is 195 g/mol. The Hall–Kier alpha value is -0.890. The summed E-state index contributed by atoms with van der Waals surface area (Å²) in [6, 6.07) is 7.39. The Morgan fingerprint density at radius 2 is 2.07 bits per heavy atom. The van der Waals surface area contributed by atoms with Crippen LogP contribution in [0.5, 0.6) is 0 Å². The lowest BCUT2D eigenvalue weighted by Crippen LogP contribution is -2.24. The topological polar surface area (TPSA) is 3.24 Å². The van der Waals surface area contributed by atoms with Crippen molar-refractivity contribution in [2.24, 2.45) is 0 Å². The lowest BCUT2D eigenvalue weighted by molar-refractivity contribution is 0.299. The van der Waals surface area contributed by atoms with Crippen molar-refractivity contribution < 1.29 is 4.39 Å². The van der Waals surface area contributed by atoms with Crippen molar-refractivity contribution in [1.82, 2.24) is 4.90 Å². The molecule has 0 N–H and O–H groups in total. The second-order valence-corrected chi connectivity index (χ2v) is 3.98. The van der Waals surface area contributed by atoms with Gasteiger partial charge in [0.15, 0.2) is 0 Å². The molecule has 0 bridgehead atoms. The Bertz CT molecular complexity index is 283. The molecule has 0 saturated heterocycles. The lowest BCUT2D eigenvalue weighted by Gasteiger charge is -2.19. The van der Waals surface area contributed by atoms with Crippen LogP contribution in [0.2, 0.25) is 0 Å². The van der Waals surface area contributed by atoms with Crippen LogP contribution in [-0.4, -0.2) is 25.0 Å². The minimum atomic E-state index is -0.139. The molecular weight excluding hydrogens is 177 g/mol. The zero-order chi connectivity index (χ0) is 10.6. The summed E-state index contributed by atoms with van der Waals surface area (Å²) < 4.78 is 12.8. The molecule has 0 aliphatic heterocycles. The minimum Gasteiger partial charge on any atom is -0.307 e. The van der Waals surface area contributed by atoms with Crippen LogP contribution >= 0.6 is 0 Å². The quantitative estimate of drug-likeness (QED) is 0.714. The molecule has 0 aliphatic rings. The molecule has 1 rings (SSSR count).